The Bertz CT molecular complexity index is 549. The number of ether oxygens (including phenoxy) is 1. The van der Waals surface area contributed by atoms with Gasteiger partial charge in [0.15, 0.2) is 17.8 Å². The van der Waals surface area contributed by atoms with E-state index < -0.39 is 6.10 Å². The molecule has 1 amide bonds. The van der Waals surface area contributed by atoms with Crippen molar-refractivity contribution in [2.24, 2.45) is 5.92 Å². The lowest BCUT2D eigenvalue weighted by atomic mass is 10.1. The van der Waals surface area contributed by atoms with Crippen molar-refractivity contribution in [1.29, 1.82) is 0 Å². The summed E-state index contributed by atoms with van der Waals surface area (Å²) in [5.41, 5.74) is 0.916. The van der Waals surface area contributed by atoms with Gasteiger partial charge in [0.05, 0.1) is 0 Å². The standard InChI is InChI=1S/C15H16BrNO3/c1-9(2)14-15(19)17-13(20-14)8-12(18)7-10-3-5-11(16)6-4-10/h3-6,8-9,14H,7H2,1-2H3,(H,17,19)/b13-8+. The van der Waals surface area contributed by atoms with Crippen molar-refractivity contribution in [3.63, 3.8) is 0 Å². The molecule has 0 radical (unpaired) electrons. The van der Waals surface area contributed by atoms with Gasteiger partial charge in [-0.3, -0.25) is 14.9 Å². The minimum atomic E-state index is -0.512. The van der Waals surface area contributed by atoms with Crippen LogP contribution in [0.4, 0.5) is 0 Å². The van der Waals surface area contributed by atoms with Gasteiger partial charge >= 0.3 is 0 Å². The number of hydrogen-bond donors (Lipinski definition) is 1. The maximum absolute atomic E-state index is 11.9. The number of allylic oxidation sites excluding steroid dienone is 1. The van der Waals surface area contributed by atoms with Crippen LogP contribution in [0.2, 0.25) is 0 Å². The Morgan fingerprint density at radius 2 is 2.05 bits per heavy atom. The van der Waals surface area contributed by atoms with Gasteiger partial charge in [-0.1, -0.05) is 41.9 Å². The summed E-state index contributed by atoms with van der Waals surface area (Å²) < 4.78 is 6.41. The molecule has 1 heterocycles. The lowest BCUT2D eigenvalue weighted by Crippen LogP contribution is -2.27. The van der Waals surface area contributed by atoms with Crippen LogP contribution < -0.4 is 5.32 Å². The van der Waals surface area contributed by atoms with Crippen LogP contribution in [0.15, 0.2) is 40.7 Å². The lowest BCUT2D eigenvalue weighted by molar-refractivity contribution is -0.125. The van der Waals surface area contributed by atoms with Crippen LogP contribution in [0.25, 0.3) is 0 Å². The molecule has 1 atom stereocenters. The number of hydrogen-bond acceptors (Lipinski definition) is 3. The third kappa shape index (κ3) is 3.70. The van der Waals surface area contributed by atoms with Crippen molar-refractivity contribution in [2.45, 2.75) is 26.4 Å². The highest BCUT2D eigenvalue weighted by molar-refractivity contribution is 9.10. The van der Waals surface area contributed by atoms with E-state index in [1.165, 1.54) is 6.08 Å². The van der Waals surface area contributed by atoms with Crippen LogP contribution in [-0.2, 0) is 20.7 Å². The first-order valence-electron chi connectivity index (χ1n) is 6.42. The van der Waals surface area contributed by atoms with E-state index in [0.29, 0.717) is 0 Å². The van der Waals surface area contributed by atoms with Crippen LogP contribution in [0.5, 0.6) is 0 Å². The molecule has 0 spiro atoms. The second-order valence-corrected chi connectivity index (χ2v) is 5.97. The highest BCUT2D eigenvalue weighted by atomic mass is 79.9. The van der Waals surface area contributed by atoms with E-state index >= 15 is 0 Å². The van der Waals surface area contributed by atoms with Crippen molar-refractivity contribution < 1.29 is 14.3 Å². The maximum atomic E-state index is 11.9. The summed E-state index contributed by atoms with van der Waals surface area (Å²) in [5, 5.41) is 2.58. The molecule has 20 heavy (non-hydrogen) atoms. The molecule has 5 heteroatoms. The van der Waals surface area contributed by atoms with Crippen LogP contribution in [0.1, 0.15) is 19.4 Å². The highest BCUT2D eigenvalue weighted by Gasteiger charge is 2.32. The Morgan fingerprint density at radius 3 is 2.60 bits per heavy atom. The topological polar surface area (TPSA) is 55.4 Å². The molecule has 1 unspecified atom stereocenters. The number of rotatable bonds is 4. The van der Waals surface area contributed by atoms with Crippen molar-refractivity contribution in [1.82, 2.24) is 5.32 Å². The molecule has 0 aliphatic carbocycles. The summed E-state index contributed by atoms with van der Waals surface area (Å²) in [6.45, 7) is 3.80. The normalized spacial score (nSPS) is 20.1. The zero-order valence-electron chi connectivity index (χ0n) is 11.4. The molecule has 1 aromatic rings. The van der Waals surface area contributed by atoms with Gasteiger partial charge in [0, 0.05) is 17.0 Å². The Kier molecular flexibility index (Phi) is 4.60. The summed E-state index contributed by atoms with van der Waals surface area (Å²) in [7, 11) is 0. The van der Waals surface area contributed by atoms with Crippen molar-refractivity contribution in [2.75, 3.05) is 0 Å². The highest BCUT2D eigenvalue weighted by Crippen LogP contribution is 2.17. The molecule has 1 fully saturated rings. The van der Waals surface area contributed by atoms with E-state index in [-0.39, 0.29) is 29.9 Å². The maximum Gasteiger partial charge on any atom is 0.268 e. The Balaban J connectivity index is 1.99. The smallest absolute Gasteiger partial charge is 0.268 e. The van der Waals surface area contributed by atoms with Gasteiger partial charge < -0.3 is 4.74 Å². The SMILES string of the molecule is CC(C)C1O/C(=C/C(=O)Cc2ccc(Br)cc2)NC1=O. The molecule has 0 bridgehead atoms. The van der Waals surface area contributed by atoms with Gasteiger partial charge in [-0.25, -0.2) is 0 Å². The molecule has 0 saturated carbocycles. The Labute approximate surface area is 126 Å². The summed E-state index contributed by atoms with van der Waals surface area (Å²) >= 11 is 3.34. The van der Waals surface area contributed by atoms with Gasteiger partial charge in [-0.15, -0.1) is 0 Å². The number of halogens is 1. The minimum Gasteiger partial charge on any atom is -0.465 e. The molecular formula is C15H16BrNO3. The average molecular weight is 338 g/mol. The molecule has 1 aromatic carbocycles. The second kappa shape index (κ2) is 6.22. The number of amides is 1. The first kappa shape index (κ1) is 14.8. The predicted octanol–water partition coefficient (Wildman–Crippen LogP) is 2.57. The van der Waals surface area contributed by atoms with Crippen LogP contribution in [0.3, 0.4) is 0 Å². The van der Waals surface area contributed by atoms with E-state index in [0.717, 1.165) is 10.0 Å². The van der Waals surface area contributed by atoms with Gasteiger partial charge in [0.25, 0.3) is 5.91 Å². The van der Waals surface area contributed by atoms with Crippen LogP contribution in [0, 0.1) is 5.92 Å². The molecule has 4 nitrogen and oxygen atoms in total. The van der Waals surface area contributed by atoms with Gasteiger partial charge in [0.1, 0.15) is 0 Å². The lowest BCUT2D eigenvalue weighted by Gasteiger charge is -2.10. The van der Waals surface area contributed by atoms with E-state index in [1.807, 2.05) is 38.1 Å². The minimum absolute atomic E-state index is 0.0717. The summed E-state index contributed by atoms with van der Waals surface area (Å²) in [4.78, 5) is 23.5. The van der Waals surface area contributed by atoms with Gasteiger partial charge in [-0.05, 0) is 23.6 Å². The molecular weight excluding hydrogens is 322 g/mol. The van der Waals surface area contributed by atoms with Gasteiger partial charge in [0.2, 0.25) is 0 Å². The zero-order valence-corrected chi connectivity index (χ0v) is 12.9. The second-order valence-electron chi connectivity index (χ2n) is 5.05. The van der Waals surface area contributed by atoms with Crippen LogP contribution in [-0.4, -0.2) is 17.8 Å². The number of benzene rings is 1. The summed E-state index contributed by atoms with van der Waals surface area (Å²) in [5.74, 6) is 0.0213. The third-order valence-electron chi connectivity index (χ3n) is 2.95. The summed E-state index contributed by atoms with van der Waals surface area (Å²) in [6.07, 6.45) is 1.12. The van der Waals surface area contributed by atoms with E-state index in [9.17, 15) is 9.59 Å². The fraction of sp³-hybridized carbons (Fsp3) is 0.333. The number of ketones is 1. The first-order valence-corrected chi connectivity index (χ1v) is 7.21. The predicted molar refractivity (Wildman–Crippen MR) is 78.8 cm³/mol. The third-order valence-corrected chi connectivity index (χ3v) is 3.48. The Hall–Kier alpha value is -1.62. The molecule has 1 N–H and O–H groups in total. The van der Waals surface area contributed by atoms with E-state index in [2.05, 4.69) is 21.2 Å². The number of carbonyl (C=O) groups excluding carboxylic acids is 2. The van der Waals surface area contributed by atoms with E-state index in [4.69, 9.17) is 4.74 Å². The first-order chi connectivity index (χ1) is 9.45. The summed E-state index contributed by atoms with van der Waals surface area (Å²) in [6, 6.07) is 7.54. The monoisotopic (exact) mass is 337 g/mol. The molecule has 106 valence electrons. The fourth-order valence-corrected chi connectivity index (χ4v) is 2.19. The van der Waals surface area contributed by atoms with Crippen molar-refractivity contribution in [3.8, 4) is 0 Å². The molecule has 0 aromatic heterocycles. The molecule has 1 saturated heterocycles. The molecule has 2 rings (SSSR count). The Morgan fingerprint density at radius 1 is 1.40 bits per heavy atom. The number of nitrogens with one attached hydrogen (secondary N) is 1. The molecule has 1 aliphatic heterocycles. The number of carbonyl (C=O) groups is 2. The van der Waals surface area contributed by atoms with Crippen molar-refractivity contribution >= 4 is 27.6 Å². The average Bonchev–Trinajstić information content (AvgIpc) is 2.73. The molecule has 1 aliphatic rings. The quantitative estimate of drug-likeness (QED) is 0.859. The van der Waals surface area contributed by atoms with Crippen LogP contribution >= 0.6 is 15.9 Å². The fourth-order valence-electron chi connectivity index (χ4n) is 1.92. The zero-order chi connectivity index (χ0) is 14.7. The van der Waals surface area contributed by atoms with Crippen molar-refractivity contribution in [3.05, 3.63) is 46.3 Å². The van der Waals surface area contributed by atoms with Gasteiger partial charge in [-0.2, -0.15) is 0 Å². The largest absolute Gasteiger partial charge is 0.465 e. The van der Waals surface area contributed by atoms with E-state index in [1.54, 1.807) is 0 Å².